The number of para-hydroxylation sites is 1. The van der Waals surface area contributed by atoms with Crippen molar-refractivity contribution in [1.82, 2.24) is 5.32 Å². The van der Waals surface area contributed by atoms with Crippen molar-refractivity contribution in [3.63, 3.8) is 0 Å². The molecule has 1 aromatic rings. The Kier molecular flexibility index (Phi) is 4.77. The number of halogens is 1. The van der Waals surface area contributed by atoms with Crippen LogP contribution in [0.3, 0.4) is 0 Å². The van der Waals surface area contributed by atoms with E-state index in [2.05, 4.69) is 21.2 Å². The first-order chi connectivity index (χ1) is 9.54. The van der Waals surface area contributed by atoms with Crippen LogP contribution in [0.1, 0.15) is 13.3 Å². The minimum absolute atomic E-state index is 0.118. The van der Waals surface area contributed by atoms with Gasteiger partial charge in [0.15, 0.2) is 0 Å². The summed E-state index contributed by atoms with van der Waals surface area (Å²) in [5.74, 6) is -1.00. The largest absolute Gasteiger partial charge is 0.352 e. The second-order valence-electron chi connectivity index (χ2n) is 4.93. The molecule has 2 amide bonds. The van der Waals surface area contributed by atoms with Crippen molar-refractivity contribution in [1.29, 1.82) is 0 Å². The van der Waals surface area contributed by atoms with Crippen LogP contribution in [0, 0.1) is 5.92 Å². The third-order valence-corrected chi connectivity index (χ3v) is 4.08. The van der Waals surface area contributed by atoms with E-state index in [9.17, 15) is 9.59 Å². The summed E-state index contributed by atoms with van der Waals surface area (Å²) in [5.41, 5.74) is 6.28. The molecule has 2 atom stereocenters. The summed E-state index contributed by atoms with van der Waals surface area (Å²) in [4.78, 5) is 26.1. The molecule has 1 aromatic carbocycles. The van der Waals surface area contributed by atoms with Crippen LogP contribution >= 0.6 is 15.9 Å². The average Bonchev–Trinajstić information content (AvgIpc) is 2.81. The Morgan fingerprint density at radius 2 is 2.25 bits per heavy atom. The average molecular weight is 340 g/mol. The van der Waals surface area contributed by atoms with Crippen LogP contribution in [0.15, 0.2) is 28.7 Å². The van der Waals surface area contributed by atoms with E-state index in [1.165, 1.54) is 0 Å². The molecule has 1 fully saturated rings. The van der Waals surface area contributed by atoms with Gasteiger partial charge in [-0.1, -0.05) is 12.1 Å². The molecule has 0 saturated carbocycles. The molecule has 6 heteroatoms. The zero-order valence-corrected chi connectivity index (χ0v) is 12.9. The highest BCUT2D eigenvalue weighted by Crippen LogP contribution is 2.31. The molecule has 0 aliphatic carbocycles. The van der Waals surface area contributed by atoms with Crippen molar-refractivity contribution in [2.75, 3.05) is 18.0 Å². The number of anilines is 1. The van der Waals surface area contributed by atoms with E-state index in [-0.39, 0.29) is 17.9 Å². The van der Waals surface area contributed by atoms with Crippen LogP contribution in [0.4, 0.5) is 5.69 Å². The lowest BCUT2D eigenvalue weighted by molar-refractivity contribution is -0.132. The molecule has 0 aromatic heterocycles. The third kappa shape index (κ3) is 3.02. The van der Waals surface area contributed by atoms with Gasteiger partial charge >= 0.3 is 0 Å². The number of nitrogens with zero attached hydrogens (tertiary/aromatic N) is 1. The quantitative estimate of drug-likeness (QED) is 0.811. The summed E-state index contributed by atoms with van der Waals surface area (Å²) in [6.07, 6.45) is 0.531. The van der Waals surface area contributed by atoms with E-state index in [1.54, 1.807) is 4.90 Å². The van der Waals surface area contributed by atoms with Gasteiger partial charge in [0.05, 0.1) is 5.69 Å². The number of nitrogens with one attached hydrogen (secondary N) is 1. The predicted octanol–water partition coefficient (Wildman–Crippen LogP) is 1.27. The van der Waals surface area contributed by atoms with Crippen LogP contribution in [0.2, 0.25) is 0 Å². The number of carbonyl (C=O) groups excluding carboxylic acids is 2. The molecule has 20 heavy (non-hydrogen) atoms. The molecule has 0 bridgehead atoms. The molecule has 1 heterocycles. The van der Waals surface area contributed by atoms with E-state index >= 15 is 0 Å². The summed E-state index contributed by atoms with van der Waals surface area (Å²) in [6.45, 7) is 2.74. The molecule has 1 unspecified atom stereocenters. The van der Waals surface area contributed by atoms with E-state index in [1.807, 2.05) is 31.2 Å². The number of benzene rings is 1. The molecular formula is C14H18BrN3O2. The van der Waals surface area contributed by atoms with Crippen molar-refractivity contribution in [3.05, 3.63) is 28.7 Å². The van der Waals surface area contributed by atoms with E-state index in [4.69, 9.17) is 5.73 Å². The first-order valence-corrected chi connectivity index (χ1v) is 7.40. The maximum absolute atomic E-state index is 12.4. The predicted molar refractivity (Wildman–Crippen MR) is 81.3 cm³/mol. The summed E-state index contributed by atoms with van der Waals surface area (Å²) in [6, 6.07) is 7.39. The van der Waals surface area contributed by atoms with Crippen molar-refractivity contribution in [2.24, 2.45) is 11.7 Å². The highest BCUT2D eigenvalue weighted by molar-refractivity contribution is 9.10. The maximum Gasteiger partial charge on any atom is 0.239 e. The van der Waals surface area contributed by atoms with Gasteiger partial charge in [0, 0.05) is 23.6 Å². The highest BCUT2D eigenvalue weighted by Gasteiger charge is 2.38. The van der Waals surface area contributed by atoms with Crippen LogP contribution in [-0.4, -0.2) is 30.9 Å². The van der Waals surface area contributed by atoms with Crippen LogP contribution in [-0.2, 0) is 9.59 Å². The molecule has 1 aliphatic heterocycles. The zero-order valence-electron chi connectivity index (χ0n) is 11.3. The lowest BCUT2D eigenvalue weighted by Crippen LogP contribution is -2.43. The van der Waals surface area contributed by atoms with Gasteiger partial charge in [0.1, 0.15) is 5.92 Å². The second kappa shape index (κ2) is 6.37. The van der Waals surface area contributed by atoms with E-state index in [0.29, 0.717) is 19.5 Å². The normalized spacial score (nSPS) is 20.1. The molecule has 2 rings (SSSR count). The first-order valence-electron chi connectivity index (χ1n) is 6.61. The maximum atomic E-state index is 12.4. The second-order valence-corrected chi connectivity index (χ2v) is 5.78. The van der Waals surface area contributed by atoms with Gasteiger partial charge < -0.3 is 16.0 Å². The summed E-state index contributed by atoms with van der Waals surface area (Å²) < 4.78 is 0.852. The van der Waals surface area contributed by atoms with E-state index in [0.717, 1.165) is 10.2 Å². The minimum atomic E-state index is -0.615. The number of hydrogen-bond acceptors (Lipinski definition) is 3. The number of nitrogens with two attached hydrogens (primary N) is 1. The standard InChI is InChI=1S/C14H18BrN3O2/c1-9(8-16)17-13(19)10-6-7-18(14(10)20)12-5-3-2-4-11(12)15/h2-5,9-10H,6-8,16H2,1H3,(H,17,19)/t9-,10?/m0/s1. The van der Waals surface area contributed by atoms with Gasteiger partial charge in [0.25, 0.3) is 0 Å². The van der Waals surface area contributed by atoms with Crippen LogP contribution < -0.4 is 16.0 Å². The molecule has 3 N–H and O–H groups in total. The Hall–Kier alpha value is -1.40. The Morgan fingerprint density at radius 3 is 2.90 bits per heavy atom. The Labute approximate surface area is 126 Å². The van der Waals surface area contributed by atoms with Gasteiger partial charge in [-0.3, -0.25) is 9.59 Å². The van der Waals surface area contributed by atoms with Crippen LogP contribution in [0.5, 0.6) is 0 Å². The Bertz CT molecular complexity index is 521. The van der Waals surface area contributed by atoms with Gasteiger partial charge in [-0.2, -0.15) is 0 Å². The summed E-state index contributed by atoms with van der Waals surface area (Å²) in [5, 5.41) is 2.77. The Morgan fingerprint density at radius 1 is 1.55 bits per heavy atom. The number of amides is 2. The fourth-order valence-electron chi connectivity index (χ4n) is 2.24. The van der Waals surface area contributed by atoms with Gasteiger partial charge in [-0.25, -0.2) is 0 Å². The van der Waals surface area contributed by atoms with Gasteiger partial charge in [-0.05, 0) is 41.4 Å². The van der Waals surface area contributed by atoms with Crippen molar-refractivity contribution < 1.29 is 9.59 Å². The number of carbonyl (C=O) groups is 2. The van der Waals surface area contributed by atoms with Crippen LogP contribution in [0.25, 0.3) is 0 Å². The zero-order chi connectivity index (χ0) is 14.7. The fraction of sp³-hybridized carbons (Fsp3) is 0.429. The molecule has 1 aliphatic rings. The molecule has 1 saturated heterocycles. The molecule has 0 spiro atoms. The molecule has 108 valence electrons. The lowest BCUT2D eigenvalue weighted by Gasteiger charge is -2.19. The van der Waals surface area contributed by atoms with E-state index < -0.39 is 5.92 Å². The lowest BCUT2D eigenvalue weighted by atomic mass is 10.1. The van der Waals surface area contributed by atoms with Gasteiger partial charge in [-0.15, -0.1) is 0 Å². The summed E-state index contributed by atoms with van der Waals surface area (Å²) in [7, 11) is 0. The molecule has 5 nitrogen and oxygen atoms in total. The molecular weight excluding hydrogens is 322 g/mol. The van der Waals surface area contributed by atoms with Crippen molar-refractivity contribution in [3.8, 4) is 0 Å². The smallest absolute Gasteiger partial charge is 0.239 e. The first kappa shape index (κ1) is 15.0. The number of hydrogen-bond donors (Lipinski definition) is 2. The Balaban J connectivity index is 2.10. The third-order valence-electron chi connectivity index (χ3n) is 3.41. The topological polar surface area (TPSA) is 75.4 Å². The fourth-order valence-corrected chi connectivity index (χ4v) is 2.73. The SMILES string of the molecule is C[C@@H](CN)NC(=O)C1CCN(c2ccccc2Br)C1=O. The van der Waals surface area contributed by atoms with Crippen molar-refractivity contribution >= 4 is 33.4 Å². The minimum Gasteiger partial charge on any atom is -0.352 e. The summed E-state index contributed by atoms with van der Waals surface area (Å²) >= 11 is 3.43. The highest BCUT2D eigenvalue weighted by atomic mass is 79.9. The monoisotopic (exact) mass is 339 g/mol. The molecule has 0 radical (unpaired) electrons. The van der Waals surface area contributed by atoms with Crippen molar-refractivity contribution in [2.45, 2.75) is 19.4 Å². The van der Waals surface area contributed by atoms with Gasteiger partial charge in [0.2, 0.25) is 11.8 Å². The number of rotatable bonds is 4.